The second-order valence-electron chi connectivity index (χ2n) is 6.02. The predicted molar refractivity (Wildman–Crippen MR) is 114 cm³/mol. The molecule has 1 aromatic heterocycles. The smallest absolute Gasteiger partial charge is 0.264 e. The first-order valence-corrected chi connectivity index (χ1v) is 11.4. The highest BCUT2D eigenvalue weighted by atomic mass is 32.2. The first-order chi connectivity index (χ1) is 14.0. The monoisotopic (exact) mass is 428 g/mol. The lowest BCUT2D eigenvalue weighted by Gasteiger charge is -2.08. The Hall–Kier alpha value is -2.91. The van der Waals surface area contributed by atoms with Gasteiger partial charge in [0.25, 0.3) is 10.0 Å². The number of aromatic nitrogens is 2. The number of sulfonamides is 1. The van der Waals surface area contributed by atoms with E-state index in [1.54, 1.807) is 30.0 Å². The number of carbonyl (C=O) groups excluding carboxylic acids is 1. The largest absolute Gasteiger partial charge is 0.326 e. The molecular formula is C20H20N4O3S2. The molecule has 3 aromatic rings. The van der Waals surface area contributed by atoms with Gasteiger partial charge in [-0.05, 0) is 54.6 Å². The van der Waals surface area contributed by atoms with Crippen molar-refractivity contribution in [1.82, 2.24) is 9.97 Å². The lowest BCUT2D eigenvalue weighted by Crippen LogP contribution is -2.15. The third-order valence-corrected chi connectivity index (χ3v) is 6.24. The van der Waals surface area contributed by atoms with Crippen LogP contribution in [0.1, 0.15) is 12.8 Å². The molecule has 1 heterocycles. The summed E-state index contributed by atoms with van der Waals surface area (Å²) in [4.78, 5) is 21.0. The normalized spacial score (nSPS) is 11.0. The van der Waals surface area contributed by atoms with Crippen LogP contribution in [-0.4, -0.2) is 30.0 Å². The van der Waals surface area contributed by atoms with Crippen molar-refractivity contribution < 1.29 is 13.2 Å². The van der Waals surface area contributed by atoms with Gasteiger partial charge in [0.1, 0.15) is 0 Å². The summed E-state index contributed by atoms with van der Waals surface area (Å²) in [5.41, 5.74) is 0.542. The van der Waals surface area contributed by atoms with Crippen LogP contribution < -0.4 is 10.0 Å². The zero-order valence-corrected chi connectivity index (χ0v) is 17.1. The van der Waals surface area contributed by atoms with E-state index < -0.39 is 10.0 Å². The Bertz CT molecular complexity index is 1030. The number of hydrogen-bond donors (Lipinski definition) is 2. The van der Waals surface area contributed by atoms with Crippen LogP contribution in [0.4, 0.5) is 11.6 Å². The Morgan fingerprint density at radius 1 is 0.931 bits per heavy atom. The van der Waals surface area contributed by atoms with Crippen molar-refractivity contribution in [2.45, 2.75) is 22.6 Å². The molecule has 0 aliphatic carbocycles. The highest BCUT2D eigenvalue weighted by Gasteiger charge is 2.15. The Morgan fingerprint density at radius 2 is 1.62 bits per heavy atom. The average molecular weight is 429 g/mol. The van der Waals surface area contributed by atoms with Gasteiger partial charge in [0.2, 0.25) is 11.9 Å². The van der Waals surface area contributed by atoms with Crippen LogP contribution >= 0.6 is 11.8 Å². The quantitative estimate of drug-likeness (QED) is 0.397. The van der Waals surface area contributed by atoms with E-state index in [0.717, 1.165) is 12.2 Å². The number of amides is 1. The SMILES string of the molecule is O=C(CCCSc1ccccc1)Nc1ccc(S(=O)(=O)Nc2ncccn2)cc1. The molecular weight excluding hydrogens is 408 g/mol. The lowest BCUT2D eigenvalue weighted by atomic mass is 10.3. The van der Waals surface area contributed by atoms with Crippen LogP contribution in [0.15, 0.2) is 82.8 Å². The topological polar surface area (TPSA) is 101 Å². The van der Waals surface area contributed by atoms with Crippen LogP contribution in [0.3, 0.4) is 0 Å². The van der Waals surface area contributed by atoms with Crippen molar-refractivity contribution in [1.29, 1.82) is 0 Å². The van der Waals surface area contributed by atoms with Crippen LogP contribution in [0, 0.1) is 0 Å². The van der Waals surface area contributed by atoms with Gasteiger partial charge < -0.3 is 5.32 Å². The number of nitrogens with one attached hydrogen (secondary N) is 2. The van der Waals surface area contributed by atoms with Crippen molar-refractivity contribution in [3.05, 3.63) is 73.1 Å². The molecule has 7 nitrogen and oxygen atoms in total. The molecule has 0 bridgehead atoms. The molecule has 0 aliphatic heterocycles. The minimum atomic E-state index is -3.79. The van der Waals surface area contributed by atoms with E-state index in [4.69, 9.17) is 0 Å². The minimum absolute atomic E-state index is 0.00162. The summed E-state index contributed by atoms with van der Waals surface area (Å²) in [5, 5.41) is 2.78. The van der Waals surface area contributed by atoms with Gasteiger partial charge in [0.05, 0.1) is 4.90 Å². The molecule has 29 heavy (non-hydrogen) atoms. The second-order valence-corrected chi connectivity index (χ2v) is 8.87. The zero-order chi connectivity index (χ0) is 20.5. The maximum atomic E-state index is 12.3. The number of benzene rings is 2. The van der Waals surface area contributed by atoms with Gasteiger partial charge in [-0.1, -0.05) is 18.2 Å². The summed E-state index contributed by atoms with van der Waals surface area (Å²) in [5.74, 6) is 0.741. The highest BCUT2D eigenvalue weighted by Crippen LogP contribution is 2.19. The first kappa shape index (κ1) is 20.8. The fraction of sp³-hybridized carbons (Fsp3) is 0.150. The van der Waals surface area contributed by atoms with Crippen molar-refractivity contribution in [2.75, 3.05) is 15.8 Å². The molecule has 0 saturated carbocycles. The van der Waals surface area contributed by atoms with Gasteiger partial charge >= 0.3 is 0 Å². The number of thioether (sulfide) groups is 1. The molecule has 0 saturated heterocycles. The minimum Gasteiger partial charge on any atom is -0.326 e. The van der Waals surface area contributed by atoms with Gasteiger partial charge in [0.15, 0.2) is 0 Å². The van der Waals surface area contributed by atoms with E-state index in [-0.39, 0.29) is 16.8 Å². The number of rotatable bonds is 9. The third-order valence-electron chi connectivity index (χ3n) is 3.80. The third kappa shape index (κ3) is 6.58. The van der Waals surface area contributed by atoms with E-state index in [1.807, 2.05) is 30.3 Å². The molecule has 0 spiro atoms. The summed E-state index contributed by atoms with van der Waals surface area (Å²) >= 11 is 1.71. The van der Waals surface area contributed by atoms with Crippen LogP contribution in [-0.2, 0) is 14.8 Å². The van der Waals surface area contributed by atoms with Gasteiger partial charge in [-0.25, -0.2) is 23.1 Å². The Kier molecular flexibility index (Phi) is 7.20. The maximum Gasteiger partial charge on any atom is 0.264 e. The molecule has 2 aromatic carbocycles. The predicted octanol–water partition coefficient (Wildman–Crippen LogP) is 3.79. The van der Waals surface area contributed by atoms with Crippen molar-refractivity contribution >= 4 is 39.3 Å². The molecule has 3 rings (SSSR count). The number of nitrogens with zero attached hydrogens (tertiary/aromatic N) is 2. The maximum absolute atomic E-state index is 12.3. The number of anilines is 2. The first-order valence-electron chi connectivity index (χ1n) is 8.90. The Labute approximate surface area is 174 Å². The lowest BCUT2D eigenvalue weighted by molar-refractivity contribution is -0.116. The van der Waals surface area contributed by atoms with Gasteiger partial charge in [-0.15, -0.1) is 11.8 Å². The second kappa shape index (κ2) is 10.0. The molecule has 150 valence electrons. The standard InChI is InChI=1S/C20H20N4O3S2/c25-19(8-4-15-28-17-6-2-1-3-7-17)23-16-9-11-18(12-10-16)29(26,27)24-20-21-13-5-14-22-20/h1-3,5-7,9-14H,4,8,15H2,(H,23,25)(H,21,22,24). The van der Waals surface area contributed by atoms with Crippen molar-refractivity contribution in [3.63, 3.8) is 0 Å². The van der Waals surface area contributed by atoms with Gasteiger partial charge in [-0.3, -0.25) is 4.79 Å². The Balaban J connectivity index is 1.47. The molecule has 9 heteroatoms. The van der Waals surface area contributed by atoms with E-state index in [1.165, 1.54) is 29.4 Å². The summed E-state index contributed by atoms with van der Waals surface area (Å²) in [6.07, 6.45) is 4.04. The highest BCUT2D eigenvalue weighted by molar-refractivity contribution is 7.99. The average Bonchev–Trinajstić information content (AvgIpc) is 2.73. The fourth-order valence-corrected chi connectivity index (χ4v) is 4.24. The molecule has 0 radical (unpaired) electrons. The van der Waals surface area contributed by atoms with E-state index in [2.05, 4.69) is 20.0 Å². The fourth-order valence-electron chi connectivity index (χ4n) is 2.41. The van der Waals surface area contributed by atoms with Crippen LogP contribution in [0.2, 0.25) is 0 Å². The molecule has 1 amide bonds. The van der Waals surface area contributed by atoms with Crippen molar-refractivity contribution in [3.8, 4) is 0 Å². The Morgan fingerprint density at radius 3 is 2.31 bits per heavy atom. The summed E-state index contributed by atoms with van der Waals surface area (Å²) < 4.78 is 27.0. The van der Waals surface area contributed by atoms with Gasteiger partial charge in [0, 0.05) is 29.4 Å². The van der Waals surface area contributed by atoms with Crippen LogP contribution in [0.5, 0.6) is 0 Å². The van der Waals surface area contributed by atoms with E-state index >= 15 is 0 Å². The molecule has 2 N–H and O–H groups in total. The van der Waals surface area contributed by atoms with Gasteiger partial charge in [-0.2, -0.15) is 0 Å². The summed E-state index contributed by atoms with van der Waals surface area (Å²) in [6, 6.07) is 17.6. The zero-order valence-electron chi connectivity index (χ0n) is 15.5. The molecule has 0 atom stereocenters. The van der Waals surface area contributed by atoms with Crippen LogP contribution in [0.25, 0.3) is 0 Å². The molecule has 0 aliphatic rings. The summed E-state index contributed by atoms with van der Waals surface area (Å²) in [7, 11) is -3.79. The van der Waals surface area contributed by atoms with E-state index in [0.29, 0.717) is 12.1 Å². The molecule has 0 fully saturated rings. The molecule has 0 unspecified atom stereocenters. The number of hydrogen-bond acceptors (Lipinski definition) is 6. The number of carbonyl (C=O) groups is 1. The van der Waals surface area contributed by atoms with E-state index in [9.17, 15) is 13.2 Å². The summed E-state index contributed by atoms with van der Waals surface area (Å²) in [6.45, 7) is 0. The van der Waals surface area contributed by atoms with Crippen molar-refractivity contribution in [2.24, 2.45) is 0 Å².